The summed E-state index contributed by atoms with van der Waals surface area (Å²) in [6.45, 7) is 0. The minimum atomic E-state index is -4.02. The molecular formula is C11H20N2O8S3. The van der Waals surface area contributed by atoms with Crippen LogP contribution in [0.2, 0.25) is 0 Å². The van der Waals surface area contributed by atoms with Crippen molar-refractivity contribution in [3.05, 3.63) is 0 Å². The summed E-state index contributed by atoms with van der Waals surface area (Å²) in [6.07, 6.45) is -0.323. The van der Waals surface area contributed by atoms with Crippen LogP contribution < -0.4 is 11.1 Å². The van der Waals surface area contributed by atoms with Crippen LogP contribution in [-0.2, 0) is 24.5 Å². The number of carboxylic acid groups (broad SMARTS) is 2. The largest absolute Gasteiger partial charge is 0.481 e. The molecule has 0 aromatic rings. The summed E-state index contributed by atoms with van der Waals surface area (Å²) >= 11 is 0. The van der Waals surface area contributed by atoms with E-state index in [0.717, 1.165) is 10.8 Å². The second kappa shape index (κ2) is 11.5. The number of hydrogen-bond donors (Lipinski definition) is 5. The van der Waals surface area contributed by atoms with Crippen LogP contribution in [0.15, 0.2) is 0 Å². The van der Waals surface area contributed by atoms with Crippen LogP contribution in [0.4, 0.5) is 0 Å². The second-order valence-electron chi connectivity index (χ2n) is 4.66. The first-order valence-electron chi connectivity index (χ1n) is 6.73. The average Bonchev–Trinajstić information content (AvgIpc) is 2.45. The fourth-order valence-corrected chi connectivity index (χ4v) is 4.66. The summed E-state index contributed by atoms with van der Waals surface area (Å²) in [6, 6.07) is -2.29. The van der Waals surface area contributed by atoms with Gasteiger partial charge in [0.2, 0.25) is 5.91 Å². The molecule has 0 aliphatic heterocycles. The Morgan fingerprint density at radius 3 is 2.17 bits per heavy atom. The number of hydrogen-bond acceptors (Lipinski definition) is 8. The summed E-state index contributed by atoms with van der Waals surface area (Å²) in [4.78, 5) is 33.2. The SMILES string of the molecule is N[C@@H](CCC(=O)O)C(=O)N[C@@H](CCSSCCS(=O)(=O)O)C(=O)O. The minimum Gasteiger partial charge on any atom is -0.481 e. The third kappa shape index (κ3) is 12.4. The van der Waals surface area contributed by atoms with Crippen molar-refractivity contribution < 1.29 is 37.6 Å². The highest BCUT2D eigenvalue weighted by Crippen LogP contribution is 2.22. The molecule has 6 N–H and O–H groups in total. The van der Waals surface area contributed by atoms with Gasteiger partial charge in [0, 0.05) is 17.9 Å². The summed E-state index contributed by atoms with van der Waals surface area (Å²) in [5.41, 5.74) is 5.49. The fourth-order valence-electron chi connectivity index (χ4n) is 1.37. The Kier molecular flexibility index (Phi) is 11.0. The molecule has 140 valence electrons. The third-order valence-corrected chi connectivity index (χ3v) is 6.04. The zero-order valence-electron chi connectivity index (χ0n) is 12.6. The maximum atomic E-state index is 11.7. The molecule has 0 aromatic heterocycles. The molecule has 2 atom stereocenters. The van der Waals surface area contributed by atoms with Crippen LogP contribution in [0.25, 0.3) is 0 Å². The van der Waals surface area contributed by atoms with Crippen LogP contribution in [0, 0.1) is 0 Å². The van der Waals surface area contributed by atoms with Gasteiger partial charge in [-0.3, -0.25) is 14.1 Å². The topological polar surface area (TPSA) is 184 Å². The Hall–Kier alpha value is -1.02. The lowest BCUT2D eigenvalue weighted by Crippen LogP contribution is -2.48. The van der Waals surface area contributed by atoms with E-state index in [1.807, 2.05) is 0 Å². The summed E-state index contributed by atoms with van der Waals surface area (Å²) < 4.78 is 29.5. The molecule has 0 aliphatic carbocycles. The van der Waals surface area contributed by atoms with Gasteiger partial charge >= 0.3 is 11.9 Å². The highest BCUT2D eigenvalue weighted by atomic mass is 33.1. The normalized spacial score (nSPS) is 13.9. The average molecular weight is 404 g/mol. The Balaban J connectivity index is 4.15. The molecule has 13 heteroatoms. The Morgan fingerprint density at radius 1 is 1.08 bits per heavy atom. The van der Waals surface area contributed by atoms with Crippen LogP contribution in [-0.4, -0.2) is 70.4 Å². The predicted octanol–water partition coefficient (Wildman–Crippen LogP) is -0.593. The lowest BCUT2D eigenvalue weighted by molar-refractivity contribution is -0.142. The van der Waals surface area contributed by atoms with Gasteiger partial charge in [-0.1, -0.05) is 21.6 Å². The fraction of sp³-hybridized carbons (Fsp3) is 0.727. The van der Waals surface area contributed by atoms with E-state index in [1.165, 1.54) is 10.8 Å². The molecule has 10 nitrogen and oxygen atoms in total. The van der Waals surface area contributed by atoms with Crippen molar-refractivity contribution in [1.29, 1.82) is 0 Å². The molecule has 0 aromatic carbocycles. The van der Waals surface area contributed by atoms with Crippen molar-refractivity contribution in [1.82, 2.24) is 5.32 Å². The van der Waals surface area contributed by atoms with Crippen molar-refractivity contribution in [2.75, 3.05) is 17.3 Å². The van der Waals surface area contributed by atoms with Gasteiger partial charge < -0.3 is 21.3 Å². The number of carbonyl (C=O) groups excluding carboxylic acids is 1. The molecule has 0 spiro atoms. The van der Waals surface area contributed by atoms with Gasteiger partial charge in [-0.15, -0.1) is 0 Å². The smallest absolute Gasteiger partial charge is 0.326 e. The Bertz CT molecular complexity index is 539. The van der Waals surface area contributed by atoms with Crippen LogP contribution in [0.5, 0.6) is 0 Å². The predicted molar refractivity (Wildman–Crippen MR) is 90.4 cm³/mol. The molecule has 0 saturated carbocycles. The van der Waals surface area contributed by atoms with Gasteiger partial charge in [0.1, 0.15) is 6.04 Å². The molecule has 24 heavy (non-hydrogen) atoms. The maximum Gasteiger partial charge on any atom is 0.326 e. The van der Waals surface area contributed by atoms with E-state index in [-0.39, 0.29) is 25.0 Å². The zero-order chi connectivity index (χ0) is 18.8. The van der Waals surface area contributed by atoms with Gasteiger partial charge in [-0.2, -0.15) is 8.42 Å². The molecule has 0 saturated heterocycles. The molecule has 0 rings (SSSR count). The van der Waals surface area contributed by atoms with Crippen molar-refractivity contribution in [2.45, 2.75) is 31.3 Å². The molecule has 0 radical (unpaired) electrons. The number of carbonyl (C=O) groups is 3. The molecule has 0 unspecified atom stereocenters. The Morgan fingerprint density at radius 2 is 1.67 bits per heavy atom. The number of nitrogens with one attached hydrogen (secondary N) is 1. The minimum absolute atomic E-state index is 0.0796. The molecule has 1 amide bonds. The van der Waals surface area contributed by atoms with E-state index in [9.17, 15) is 22.8 Å². The van der Waals surface area contributed by atoms with E-state index in [0.29, 0.717) is 5.75 Å². The number of amides is 1. The van der Waals surface area contributed by atoms with Crippen LogP contribution >= 0.6 is 21.6 Å². The van der Waals surface area contributed by atoms with Crippen molar-refractivity contribution in [2.24, 2.45) is 5.73 Å². The maximum absolute atomic E-state index is 11.7. The summed E-state index contributed by atoms with van der Waals surface area (Å²) in [5, 5.41) is 19.8. The van der Waals surface area contributed by atoms with Crippen molar-refractivity contribution in [3.8, 4) is 0 Å². The quantitative estimate of drug-likeness (QED) is 0.150. The van der Waals surface area contributed by atoms with Gasteiger partial charge in [-0.25, -0.2) is 4.79 Å². The molecule has 0 fully saturated rings. The highest BCUT2D eigenvalue weighted by Gasteiger charge is 2.23. The summed E-state index contributed by atoms with van der Waals surface area (Å²) in [5.74, 6) is -3.04. The zero-order valence-corrected chi connectivity index (χ0v) is 15.0. The summed E-state index contributed by atoms with van der Waals surface area (Å²) in [7, 11) is -1.66. The van der Waals surface area contributed by atoms with Gasteiger partial charge in [0.25, 0.3) is 10.1 Å². The lowest BCUT2D eigenvalue weighted by atomic mass is 10.1. The molecular weight excluding hydrogens is 384 g/mol. The van der Waals surface area contributed by atoms with E-state index < -0.39 is 45.8 Å². The van der Waals surface area contributed by atoms with E-state index in [4.69, 9.17) is 20.5 Å². The number of aliphatic carboxylic acids is 2. The van der Waals surface area contributed by atoms with E-state index >= 15 is 0 Å². The third-order valence-electron chi connectivity index (χ3n) is 2.62. The van der Waals surface area contributed by atoms with Gasteiger partial charge in [0.15, 0.2) is 0 Å². The van der Waals surface area contributed by atoms with Crippen LogP contribution in [0.1, 0.15) is 19.3 Å². The van der Waals surface area contributed by atoms with E-state index in [2.05, 4.69) is 5.32 Å². The van der Waals surface area contributed by atoms with Crippen LogP contribution in [0.3, 0.4) is 0 Å². The monoisotopic (exact) mass is 404 g/mol. The van der Waals surface area contributed by atoms with E-state index in [1.54, 1.807) is 0 Å². The number of nitrogens with two attached hydrogens (primary N) is 1. The van der Waals surface area contributed by atoms with Gasteiger partial charge in [0.05, 0.1) is 11.8 Å². The van der Waals surface area contributed by atoms with Crippen molar-refractivity contribution >= 4 is 49.6 Å². The first-order chi connectivity index (χ1) is 11.0. The first-order valence-corrected chi connectivity index (χ1v) is 10.8. The standard InChI is InChI=1S/C11H20N2O8S3/c12-7(1-2-9(14)15)10(16)13-8(11(17)18)3-4-22-23-5-6-24(19,20)21/h7-8H,1-6,12H2,(H,13,16)(H,14,15)(H,17,18)(H,19,20,21)/t7-,8-/m0/s1. The second-order valence-corrected chi connectivity index (χ2v) is 8.93. The first kappa shape index (κ1) is 23.0. The molecule has 0 bridgehead atoms. The van der Waals surface area contributed by atoms with Gasteiger partial charge in [-0.05, 0) is 12.8 Å². The number of rotatable bonds is 13. The Labute approximate surface area is 147 Å². The number of carboxylic acids is 2. The highest BCUT2D eigenvalue weighted by molar-refractivity contribution is 8.76. The molecule has 0 aliphatic rings. The van der Waals surface area contributed by atoms with Crippen molar-refractivity contribution in [3.63, 3.8) is 0 Å². The lowest BCUT2D eigenvalue weighted by Gasteiger charge is -2.17. The molecule has 0 heterocycles.